The van der Waals surface area contributed by atoms with Crippen LogP contribution in [0.1, 0.15) is 46.1 Å². The Morgan fingerprint density at radius 3 is 2.67 bits per heavy atom. The summed E-state index contributed by atoms with van der Waals surface area (Å²) in [6.45, 7) is 7.88. The van der Waals surface area contributed by atoms with E-state index in [1.807, 2.05) is 32.9 Å². The molecule has 0 aliphatic rings. The highest BCUT2D eigenvalue weighted by Crippen LogP contribution is 2.17. The molecule has 1 atom stereocenters. The molecule has 0 spiro atoms. The molecule has 0 bridgehead atoms. The SMILES string of the molecule is CCCC(=NS(=O)C(C)(C)C)c1ccnc(Br)c1. The number of aromatic nitrogens is 1. The average Bonchev–Trinajstić information content (AvgIpc) is 2.27. The molecule has 0 fully saturated rings. The van der Waals surface area contributed by atoms with Crippen LogP contribution < -0.4 is 0 Å². The van der Waals surface area contributed by atoms with Crippen molar-refractivity contribution in [3.05, 3.63) is 28.5 Å². The van der Waals surface area contributed by atoms with Crippen LogP contribution in [-0.2, 0) is 11.0 Å². The Morgan fingerprint density at radius 1 is 1.50 bits per heavy atom. The summed E-state index contributed by atoms with van der Waals surface area (Å²) in [6, 6.07) is 3.81. The molecular weight excluding hydrogens is 312 g/mol. The van der Waals surface area contributed by atoms with Gasteiger partial charge in [0.2, 0.25) is 0 Å². The van der Waals surface area contributed by atoms with Gasteiger partial charge in [-0.2, -0.15) is 4.40 Å². The van der Waals surface area contributed by atoms with E-state index in [0.717, 1.165) is 28.7 Å². The average molecular weight is 331 g/mol. The van der Waals surface area contributed by atoms with Gasteiger partial charge in [-0.05, 0) is 55.3 Å². The van der Waals surface area contributed by atoms with Crippen molar-refractivity contribution in [3.8, 4) is 0 Å². The van der Waals surface area contributed by atoms with E-state index in [2.05, 4.69) is 32.2 Å². The first-order valence-electron chi connectivity index (χ1n) is 5.96. The summed E-state index contributed by atoms with van der Waals surface area (Å²) in [5.41, 5.74) is 1.87. The molecule has 1 aromatic heterocycles. The molecular formula is C13H19BrN2OS. The highest BCUT2D eigenvalue weighted by Gasteiger charge is 2.20. The summed E-state index contributed by atoms with van der Waals surface area (Å²) in [7, 11) is -1.22. The summed E-state index contributed by atoms with van der Waals surface area (Å²) in [5, 5.41) is 0. The Hall–Kier alpha value is -0.550. The molecule has 0 aliphatic heterocycles. The summed E-state index contributed by atoms with van der Waals surface area (Å²) < 4.78 is 16.9. The Morgan fingerprint density at radius 2 is 2.17 bits per heavy atom. The molecule has 1 heterocycles. The third-order valence-electron chi connectivity index (χ3n) is 2.26. The highest BCUT2D eigenvalue weighted by atomic mass is 79.9. The Kier molecular flexibility index (Phi) is 5.66. The second kappa shape index (κ2) is 6.57. The first kappa shape index (κ1) is 15.5. The van der Waals surface area contributed by atoms with Gasteiger partial charge in [0.25, 0.3) is 0 Å². The highest BCUT2D eigenvalue weighted by molar-refractivity contribution is 9.10. The van der Waals surface area contributed by atoms with Crippen LogP contribution in [0.3, 0.4) is 0 Å². The van der Waals surface area contributed by atoms with E-state index < -0.39 is 11.0 Å². The lowest BCUT2D eigenvalue weighted by molar-refractivity contribution is 0.650. The second-order valence-electron chi connectivity index (χ2n) is 5.02. The topological polar surface area (TPSA) is 42.3 Å². The first-order valence-corrected chi connectivity index (χ1v) is 7.86. The zero-order valence-corrected chi connectivity index (χ0v) is 13.6. The van der Waals surface area contributed by atoms with Crippen molar-refractivity contribution in [1.29, 1.82) is 0 Å². The molecule has 5 heteroatoms. The molecule has 1 unspecified atom stereocenters. The fourth-order valence-corrected chi connectivity index (χ4v) is 2.33. The third-order valence-corrected chi connectivity index (χ3v) is 4.13. The predicted octanol–water partition coefficient (Wildman–Crippen LogP) is 3.90. The fraction of sp³-hybridized carbons (Fsp3) is 0.538. The van der Waals surface area contributed by atoms with Crippen LogP contribution in [-0.4, -0.2) is 19.7 Å². The van der Waals surface area contributed by atoms with Crippen LogP contribution >= 0.6 is 15.9 Å². The molecule has 100 valence electrons. The number of pyridine rings is 1. The van der Waals surface area contributed by atoms with E-state index >= 15 is 0 Å². The molecule has 0 aliphatic carbocycles. The Bertz CT molecular complexity index is 466. The van der Waals surface area contributed by atoms with Crippen LogP contribution in [0.4, 0.5) is 0 Å². The summed E-state index contributed by atoms with van der Waals surface area (Å²) in [6.07, 6.45) is 3.52. The zero-order chi connectivity index (χ0) is 13.8. The van der Waals surface area contributed by atoms with Gasteiger partial charge >= 0.3 is 0 Å². The standard InChI is InChI=1S/C13H19BrN2OS/c1-5-6-11(16-18(17)13(2,3)4)10-7-8-15-12(14)9-10/h7-9H,5-6H2,1-4H3. The van der Waals surface area contributed by atoms with Gasteiger partial charge < -0.3 is 0 Å². The molecule has 0 saturated carbocycles. The van der Waals surface area contributed by atoms with Gasteiger partial charge in [-0.1, -0.05) is 13.3 Å². The van der Waals surface area contributed by atoms with Gasteiger partial charge in [-0.3, -0.25) is 0 Å². The molecule has 18 heavy (non-hydrogen) atoms. The van der Waals surface area contributed by atoms with E-state index in [-0.39, 0.29) is 4.75 Å². The minimum Gasteiger partial charge on any atom is -0.249 e. The number of hydrogen-bond acceptors (Lipinski definition) is 2. The maximum Gasteiger partial charge on any atom is 0.145 e. The van der Waals surface area contributed by atoms with Crippen molar-refractivity contribution >= 4 is 32.6 Å². The van der Waals surface area contributed by atoms with Gasteiger partial charge in [0.05, 0.1) is 10.5 Å². The van der Waals surface area contributed by atoms with E-state index in [0.29, 0.717) is 0 Å². The van der Waals surface area contributed by atoms with E-state index in [9.17, 15) is 4.21 Å². The molecule has 0 amide bonds. The van der Waals surface area contributed by atoms with Gasteiger partial charge in [-0.25, -0.2) is 9.19 Å². The Balaban J connectivity index is 3.10. The van der Waals surface area contributed by atoms with Crippen LogP contribution in [0.2, 0.25) is 0 Å². The minimum absolute atomic E-state index is 0.330. The molecule has 0 saturated heterocycles. The minimum atomic E-state index is -1.22. The van der Waals surface area contributed by atoms with Crippen molar-refractivity contribution in [1.82, 2.24) is 4.98 Å². The summed E-state index contributed by atoms with van der Waals surface area (Å²) in [4.78, 5) is 4.10. The van der Waals surface area contributed by atoms with Gasteiger partial charge in [0.15, 0.2) is 0 Å². The normalized spacial score (nSPS) is 14.6. The fourth-order valence-electron chi connectivity index (χ4n) is 1.30. The lowest BCUT2D eigenvalue weighted by Crippen LogP contribution is -2.21. The number of hydrogen-bond donors (Lipinski definition) is 0. The quantitative estimate of drug-likeness (QED) is 0.620. The molecule has 1 rings (SSSR count). The Labute approximate surface area is 120 Å². The van der Waals surface area contributed by atoms with E-state index in [1.165, 1.54) is 0 Å². The van der Waals surface area contributed by atoms with Gasteiger partial charge in [0.1, 0.15) is 15.6 Å². The summed E-state index contributed by atoms with van der Waals surface area (Å²) >= 11 is 3.35. The summed E-state index contributed by atoms with van der Waals surface area (Å²) in [5.74, 6) is 0. The van der Waals surface area contributed by atoms with Crippen LogP contribution in [0.25, 0.3) is 0 Å². The van der Waals surface area contributed by atoms with E-state index in [4.69, 9.17) is 0 Å². The third kappa shape index (κ3) is 4.61. The smallest absolute Gasteiger partial charge is 0.145 e. The molecule has 1 aromatic rings. The van der Waals surface area contributed by atoms with Crippen LogP contribution in [0, 0.1) is 0 Å². The molecule has 0 aromatic carbocycles. The van der Waals surface area contributed by atoms with Crippen molar-refractivity contribution in [2.75, 3.05) is 0 Å². The maximum atomic E-state index is 12.1. The number of nitrogens with zero attached hydrogens (tertiary/aromatic N) is 2. The number of rotatable bonds is 4. The van der Waals surface area contributed by atoms with Crippen molar-refractivity contribution in [2.24, 2.45) is 4.40 Å². The van der Waals surface area contributed by atoms with Crippen molar-refractivity contribution in [2.45, 2.75) is 45.3 Å². The van der Waals surface area contributed by atoms with Gasteiger partial charge in [-0.15, -0.1) is 0 Å². The first-order chi connectivity index (χ1) is 8.34. The van der Waals surface area contributed by atoms with Crippen LogP contribution in [0.5, 0.6) is 0 Å². The van der Waals surface area contributed by atoms with Crippen LogP contribution in [0.15, 0.2) is 27.3 Å². The second-order valence-corrected chi connectivity index (χ2v) is 7.73. The maximum absolute atomic E-state index is 12.1. The lowest BCUT2D eigenvalue weighted by Gasteiger charge is -2.15. The predicted molar refractivity (Wildman–Crippen MR) is 81.3 cm³/mol. The van der Waals surface area contributed by atoms with Crippen molar-refractivity contribution < 1.29 is 4.21 Å². The lowest BCUT2D eigenvalue weighted by atomic mass is 10.1. The van der Waals surface area contributed by atoms with Crippen molar-refractivity contribution in [3.63, 3.8) is 0 Å². The van der Waals surface area contributed by atoms with Gasteiger partial charge in [0, 0.05) is 11.8 Å². The molecule has 3 nitrogen and oxygen atoms in total. The molecule has 0 N–H and O–H groups in total. The molecule has 0 radical (unpaired) electrons. The monoisotopic (exact) mass is 330 g/mol. The van der Waals surface area contributed by atoms with E-state index in [1.54, 1.807) is 6.20 Å². The largest absolute Gasteiger partial charge is 0.249 e. The number of halogens is 1. The zero-order valence-electron chi connectivity index (χ0n) is 11.2.